The van der Waals surface area contributed by atoms with Crippen LogP contribution in [0.25, 0.3) is 0 Å². The zero-order valence-corrected chi connectivity index (χ0v) is 9.80. The normalized spacial score (nSPS) is 34.9. The van der Waals surface area contributed by atoms with Gasteiger partial charge in [0.25, 0.3) is 0 Å². The lowest BCUT2D eigenvalue weighted by molar-refractivity contribution is -0.123. The van der Waals surface area contributed by atoms with Crippen molar-refractivity contribution in [2.75, 3.05) is 0 Å². The van der Waals surface area contributed by atoms with Crippen LogP contribution >= 0.6 is 0 Å². The number of carbonyl (C=O) groups excluding carboxylic acids is 1. The average molecular weight is 230 g/mol. The van der Waals surface area contributed by atoms with Gasteiger partial charge < -0.3 is 11.1 Å². The lowest BCUT2D eigenvalue weighted by Crippen LogP contribution is -2.50. The lowest BCUT2D eigenvalue weighted by atomic mass is 9.87. The van der Waals surface area contributed by atoms with Crippen LogP contribution < -0.4 is 11.1 Å². The van der Waals surface area contributed by atoms with E-state index in [0.29, 0.717) is 18.0 Å². The molecule has 1 aromatic carbocycles. The SMILES string of the molecule is NC1CC(NC(=O)C2CC2c2ccccc2)C1. The van der Waals surface area contributed by atoms with E-state index in [0.717, 1.165) is 19.3 Å². The second kappa shape index (κ2) is 4.15. The molecule has 3 rings (SSSR count). The van der Waals surface area contributed by atoms with Gasteiger partial charge in [0, 0.05) is 18.0 Å². The van der Waals surface area contributed by atoms with Crippen molar-refractivity contribution in [2.45, 2.75) is 37.3 Å². The molecule has 2 aliphatic rings. The number of amides is 1. The maximum Gasteiger partial charge on any atom is 0.223 e. The highest BCUT2D eigenvalue weighted by Crippen LogP contribution is 2.47. The molecule has 3 N–H and O–H groups in total. The Bertz CT molecular complexity index is 411. The fraction of sp³-hybridized carbons (Fsp3) is 0.500. The third-order valence-corrected chi connectivity index (χ3v) is 3.88. The highest BCUT2D eigenvalue weighted by Gasteiger charge is 2.44. The zero-order chi connectivity index (χ0) is 11.8. The topological polar surface area (TPSA) is 55.1 Å². The highest BCUT2D eigenvalue weighted by molar-refractivity contribution is 5.83. The monoisotopic (exact) mass is 230 g/mol. The molecule has 1 aromatic rings. The van der Waals surface area contributed by atoms with Gasteiger partial charge in [0.15, 0.2) is 0 Å². The number of nitrogens with two attached hydrogens (primary N) is 1. The molecule has 1 amide bonds. The van der Waals surface area contributed by atoms with Crippen LogP contribution in [0.5, 0.6) is 0 Å². The molecule has 0 aromatic heterocycles. The third-order valence-electron chi connectivity index (χ3n) is 3.88. The summed E-state index contributed by atoms with van der Waals surface area (Å²) in [4.78, 5) is 11.9. The van der Waals surface area contributed by atoms with Crippen molar-refractivity contribution in [3.63, 3.8) is 0 Å². The molecule has 17 heavy (non-hydrogen) atoms. The fourth-order valence-corrected chi connectivity index (χ4v) is 2.64. The number of hydrogen-bond donors (Lipinski definition) is 2. The standard InChI is InChI=1S/C14H18N2O/c15-10-6-11(7-10)16-14(17)13-8-12(13)9-4-2-1-3-5-9/h1-5,10-13H,6-8,15H2,(H,16,17). The second-order valence-corrected chi connectivity index (χ2v) is 5.30. The van der Waals surface area contributed by atoms with Crippen LogP contribution in [0.4, 0.5) is 0 Å². The van der Waals surface area contributed by atoms with Crippen molar-refractivity contribution in [3.05, 3.63) is 35.9 Å². The Balaban J connectivity index is 1.53. The Morgan fingerprint density at radius 3 is 2.53 bits per heavy atom. The number of nitrogens with one attached hydrogen (secondary N) is 1. The number of carbonyl (C=O) groups is 1. The van der Waals surface area contributed by atoms with E-state index in [1.807, 2.05) is 18.2 Å². The van der Waals surface area contributed by atoms with E-state index in [-0.39, 0.29) is 11.8 Å². The molecular weight excluding hydrogens is 212 g/mol. The van der Waals surface area contributed by atoms with Crippen LogP contribution in [-0.4, -0.2) is 18.0 Å². The van der Waals surface area contributed by atoms with E-state index in [4.69, 9.17) is 5.73 Å². The first-order chi connectivity index (χ1) is 8.24. The zero-order valence-electron chi connectivity index (χ0n) is 9.80. The van der Waals surface area contributed by atoms with Crippen molar-refractivity contribution in [1.82, 2.24) is 5.32 Å². The average Bonchev–Trinajstić information content (AvgIpc) is 3.08. The number of benzene rings is 1. The van der Waals surface area contributed by atoms with E-state index in [1.54, 1.807) is 0 Å². The minimum Gasteiger partial charge on any atom is -0.353 e. The van der Waals surface area contributed by atoms with Crippen LogP contribution in [0, 0.1) is 5.92 Å². The quantitative estimate of drug-likeness (QED) is 0.824. The Morgan fingerprint density at radius 1 is 1.18 bits per heavy atom. The van der Waals surface area contributed by atoms with Crippen molar-refractivity contribution in [3.8, 4) is 0 Å². The fourth-order valence-electron chi connectivity index (χ4n) is 2.64. The van der Waals surface area contributed by atoms with Gasteiger partial charge in [-0.3, -0.25) is 4.79 Å². The number of hydrogen-bond acceptors (Lipinski definition) is 2. The molecule has 0 aliphatic heterocycles. The van der Waals surface area contributed by atoms with E-state index in [9.17, 15) is 4.79 Å². The van der Waals surface area contributed by atoms with Crippen molar-refractivity contribution in [1.29, 1.82) is 0 Å². The molecule has 0 bridgehead atoms. The third kappa shape index (κ3) is 2.20. The molecular formula is C14H18N2O. The van der Waals surface area contributed by atoms with Crippen LogP contribution in [0.2, 0.25) is 0 Å². The van der Waals surface area contributed by atoms with E-state index >= 15 is 0 Å². The molecule has 2 aliphatic carbocycles. The maximum atomic E-state index is 11.9. The van der Waals surface area contributed by atoms with Gasteiger partial charge in [0.2, 0.25) is 5.91 Å². The van der Waals surface area contributed by atoms with Gasteiger partial charge in [-0.15, -0.1) is 0 Å². The highest BCUT2D eigenvalue weighted by atomic mass is 16.2. The molecule has 0 heterocycles. The van der Waals surface area contributed by atoms with Gasteiger partial charge in [0.05, 0.1) is 0 Å². The van der Waals surface area contributed by atoms with Gasteiger partial charge in [-0.05, 0) is 30.7 Å². The Morgan fingerprint density at radius 2 is 1.88 bits per heavy atom. The van der Waals surface area contributed by atoms with Crippen LogP contribution in [-0.2, 0) is 4.79 Å². The Labute approximate surface area is 101 Å². The molecule has 90 valence electrons. The van der Waals surface area contributed by atoms with E-state index in [2.05, 4.69) is 17.4 Å². The first-order valence-corrected chi connectivity index (χ1v) is 6.35. The first kappa shape index (κ1) is 10.8. The van der Waals surface area contributed by atoms with Crippen LogP contribution in [0.15, 0.2) is 30.3 Å². The van der Waals surface area contributed by atoms with Gasteiger partial charge >= 0.3 is 0 Å². The predicted molar refractivity (Wildman–Crippen MR) is 66.4 cm³/mol. The summed E-state index contributed by atoms with van der Waals surface area (Å²) >= 11 is 0. The van der Waals surface area contributed by atoms with Gasteiger partial charge in [-0.1, -0.05) is 30.3 Å². The predicted octanol–water partition coefficient (Wildman–Crippen LogP) is 1.40. The lowest BCUT2D eigenvalue weighted by Gasteiger charge is -2.33. The van der Waals surface area contributed by atoms with Crippen LogP contribution in [0.3, 0.4) is 0 Å². The van der Waals surface area contributed by atoms with Gasteiger partial charge in [-0.25, -0.2) is 0 Å². The molecule has 0 spiro atoms. The Hall–Kier alpha value is -1.35. The number of rotatable bonds is 3. The first-order valence-electron chi connectivity index (χ1n) is 6.35. The molecule has 2 fully saturated rings. The van der Waals surface area contributed by atoms with Crippen LogP contribution in [0.1, 0.15) is 30.7 Å². The summed E-state index contributed by atoms with van der Waals surface area (Å²) in [5.74, 6) is 0.843. The smallest absolute Gasteiger partial charge is 0.223 e. The largest absolute Gasteiger partial charge is 0.353 e. The molecule has 3 heteroatoms. The maximum absolute atomic E-state index is 11.9. The second-order valence-electron chi connectivity index (χ2n) is 5.30. The summed E-state index contributed by atoms with van der Waals surface area (Å²) in [5, 5.41) is 3.09. The molecule has 3 nitrogen and oxygen atoms in total. The minimum atomic E-state index is 0.189. The molecule has 2 atom stereocenters. The summed E-state index contributed by atoms with van der Waals surface area (Å²) in [6.45, 7) is 0. The molecule has 0 saturated heterocycles. The summed E-state index contributed by atoms with van der Waals surface area (Å²) in [6, 6.07) is 10.9. The molecule has 2 saturated carbocycles. The van der Waals surface area contributed by atoms with Gasteiger partial charge in [-0.2, -0.15) is 0 Å². The Kier molecular flexibility index (Phi) is 2.63. The van der Waals surface area contributed by atoms with Gasteiger partial charge in [0.1, 0.15) is 0 Å². The minimum absolute atomic E-state index is 0.189. The van der Waals surface area contributed by atoms with Crippen molar-refractivity contribution < 1.29 is 4.79 Å². The molecule has 0 radical (unpaired) electrons. The summed E-state index contributed by atoms with van der Waals surface area (Å²) in [5.41, 5.74) is 6.99. The summed E-state index contributed by atoms with van der Waals surface area (Å²) in [6.07, 6.45) is 2.87. The molecule has 2 unspecified atom stereocenters. The van der Waals surface area contributed by atoms with Crippen molar-refractivity contribution >= 4 is 5.91 Å². The van der Waals surface area contributed by atoms with E-state index in [1.165, 1.54) is 5.56 Å². The van der Waals surface area contributed by atoms with E-state index < -0.39 is 0 Å². The summed E-state index contributed by atoms with van der Waals surface area (Å²) in [7, 11) is 0. The summed E-state index contributed by atoms with van der Waals surface area (Å²) < 4.78 is 0. The van der Waals surface area contributed by atoms with Crippen molar-refractivity contribution in [2.24, 2.45) is 11.7 Å².